The fourth-order valence-electron chi connectivity index (χ4n) is 4.37. The minimum absolute atomic E-state index is 0.305. The van der Waals surface area contributed by atoms with Crippen LogP contribution in [-0.2, 0) is 11.3 Å². The highest BCUT2D eigenvalue weighted by Gasteiger charge is 2.25. The lowest BCUT2D eigenvalue weighted by molar-refractivity contribution is 0.0982. The summed E-state index contributed by atoms with van der Waals surface area (Å²) in [4.78, 5) is 9.57. The number of anilines is 1. The first-order valence-electron chi connectivity index (χ1n) is 10.5. The van der Waals surface area contributed by atoms with E-state index in [-0.39, 0.29) is 0 Å². The second-order valence-electron chi connectivity index (χ2n) is 8.09. The number of pyridine rings is 1. The van der Waals surface area contributed by atoms with Crippen molar-refractivity contribution in [2.24, 2.45) is 0 Å². The molecule has 2 aliphatic heterocycles. The molecule has 1 aromatic heterocycles. The quantitative estimate of drug-likeness (QED) is 0.839. The van der Waals surface area contributed by atoms with Gasteiger partial charge in [0.15, 0.2) is 11.6 Å². The van der Waals surface area contributed by atoms with Crippen LogP contribution in [0.2, 0.25) is 0 Å². The van der Waals surface area contributed by atoms with E-state index in [1.165, 1.54) is 16.7 Å². The van der Waals surface area contributed by atoms with E-state index < -0.39 is 0 Å². The summed E-state index contributed by atoms with van der Waals surface area (Å²) in [5, 5.41) is 3.67. The summed E-state index contributed by atoms with van der Waals surface area (Å²) in [7, 11) is 1.73. The lowest BCUT2D eigenvalue weighted by atomic mass is 9.99. The van der Waals surface area contributed by atoms with Crippen molar-refractivity contribution in [1.29, 1.82) is 0 Å². The van der Waals surface area contributed by atoms with Gasteiger partial charge in [-0.1, -0.05) is 24.3 Å². The molecule has 29 heavy (non-hydrogen) atoms. The SMILES string of the molecule is COc1cc(CN2CCNC(c3ccccc3C)C2)cnc1N1CCOCC1C. The molecule has 0 saturated carbocycles. The summed E-state index contributed by atoms with van der Waals surface area (Å²) in [6, 6.07) is 11.5. The number of aromatic nitrogens is 1. The van der Waals surface area contributed by atoms with Gasteiger partial charge in [0.25, 0.3) is 0 Å². The molecule has 2 aromatic rings. The smallest absolute Gasteiger partial charge is 0.171 e. The third kappa shape index (κ3) is 4.55. The van der Waals surface area contributed by atoms with Crippen LogP contribution in [0.15, 0.2) is 36.5 Å². The summed E-state index contributed by atoms with van der Waals surface area (Å²) >= 11 is 0. The molecule has 1 N–H and O–H groups in total. The molecule has 4 rings (SSSR count). The van der Waals surface area contributed by atoms with Gasteiger partial charge >= 0.3 is 0 Å². The van der Waals surface area contributed by atoms with Crippen molar-refractivity contribution in [3.63, 3.8) is 0 Å². The Bertz CT molecular complexity index is 828. The first-order valence-corrected chi connectivity index (χ1v) is 10.5. The average molecular weight is 397 g/mol. The molecule has 2 saturated heterocycles. The summed E-state index contributed by atoms with van der Waals surface area (Å²) in [5.41, 5.74) is 3.93. The Morgan fingerprint density at radius 3 is 2.93 bits per heavy atom. The lowest BCUT2D eigenvalue weighted by Gasteiger charge is -2.36. The Morgan fingerprint density at radius 2 is 2.14 bits per heavy atom. The first-order chi connectivity index (χ1) is 14.2. The summed E-state index contributed by atoms with van der Waals surface area (Å²) in [6.07, 6.45) is 2.00. The van der Waals surface area contributed by atoms with Gasteiger partial charge < -0.3 is 19.7 Å². The van der Waals surface area contributed by atoms with E-state index in [2.05, 4.69) is 59.3 Å². The number of morpholine rings is 1. The number of aryl methyl sites for hydroxylation is 1. The molecule has 6 nitrogen and oxygen atoms in total. The number of ether oxygens (including phenoxy) is 2. The fourth-order valence-corrected chi connectivity index (χ4v) is 4.37. The van der Waals surface area contributed by atoms with Crippen LogP contribution in [0.5, 0.6) is 5.75 Å². The van der Waals surface area contributed by atoms with Crippen molar-refractivity contribution < 1.29 is 9.47 Å². The second-order valence-corrected chi connectivity index (χ2v) is 8.09. The van der Waals surface area contributed by atoms with E-state index in [1.54, 1.807) is 7.11 Å². The fraction of sp³-hybridized carbons (Fsp3) is 0.522. The number of hydrogen-bond donors (Lipinski definition) is 1. The summed E-state index contributed by atoms with van der Waals surface area (Å²) < 4.78 is 11.3. The lowest BCUT2D eigenvalue weighted by Crippen LogP contribution is -2.45. The first kappa shape index (κ1) is 20.1. The average Bonchev–Trinajstić information content (AvgIpc) is 2.75. The molecule has 3 heterocycles. The maximum absolute atomic E-state index is 5.71. The maximum atomic E-state index is 5.71. The van der Waals surface area contributed by atoms with Gasteiger partial charge in [-0.15, -0.1) is 0 Å². The van der Waals surface area contributed by atoms with Gasteiger partial charge in [0.1, 0.15) is 0 Å². The Labute approximate surface area is 173 Å². The van der Waals surface area contributed by atoms with E-state index in [0.717, 1.165) is 57.5 Å². The summed E-state index contributed by atoms with van der Waals surface area (Å²) in [6.45, 7) is 10.6. The zero-order valence-electron chi connectivity index (χ0n) is 17.7. The van der Waals surface area contributed by atoms with Gasteiger partial charge in [0.2, 0.25) is 0 Å². The van der Waals surface area contributed by atoms with Gasteiger partial charge in [0, 0.05) is 45.0 Å². The third-order valence-electron chi connectivity index (χ3n) is 5.98. The van der Waals surface area contributed by atoms with Crippen molar-refractivity contribution >= 4 is 5.82 Å². The van der Waals surface area contributed by atoms with Crippen LogP contribution in [0.3, 0.4) is 0 Å². The van der Waals surface area contributed by atoms with Gasteiger partial charge in [-0.25, -0.2) is 4.98 Å². The molecule has 0 radical (unpaired) electrons. The Morgan fingerprint density at radius 1 is 1.28 bits per heavy atom. The Balaban J connectivity index is 1.47. The molecule has 156 valence electrons. The molecular formula is C23H32N4O2. The number of rotatable bonds is 5. The van der Waals surface area contributed by atoms with Crippen LogP contribution < -0.4 is 15.0 Å². The van der Waals surface area contributed by atoms with Crippen LogP contribution in [0, 0.1) is 6.92 Å². The zero-order chi connectivity index (χ0) is 20.2. The molecule has 2 fully saturated rings. The molecule has 2 unspecified atom stereocenters. The highest BCUT2D eigenvalue weighted by molar-refractivity contribution is 5.54. The van der Waals surface area contributed by atoms with Crippen LogP contribution in [0.25, 0.3) is 0 Å². The van der Waals surface area contributed by atoms with E-state index in [0.29, 0.717) is 12.1 Å². The van der Waals surface area contributed by atoms with Crippen molar-refractivity contribution in [3.05, 3.63) is 53.2 Å². The number of piperazine rings is 1. The van der Waals surface area contributed by atoms with Gasteiger partial charge in [0.05, 0.1) is 26.4 Å². The second kappa shape index (κ2) is 9.11. The van der Waals surface area contributed by atoms with Crippen molar-refractivity contribution in [1.82, 2.24) is 15.2 Å². The Kier molecular flexibility index (Phi) is 6.33. The number of hydrogen-bond acceptors (Lipinski definition) is 6. The standard InChI is InChI=1S/C23H32N4O2/c1-17-6-4-5-7-20(17)21-15-26(9-8-24-21)14-19-12-22(28-3)23(25-13-19)27-10-11-29-16-18(27)2/h4-7,12-13,18,21,24H,8-11,14-16H2,1-3H3. The van der Waals surface area contributed by atoms with Crippen LogP contribution >= 0.6 is 0 Å². The van der Waals surface area contributed by atoms with E-state index >= 15 is 0 Å². The predicted octanol–water partition coefficient (Wildman–Crippen LogP) is 2.77. The van der Waals surface area contributed by atoms with Crippen LogP contribution in [0.4, 0.5) is 5.82 Å². The van der Waals surface area contributed by atoms with E-state index in [4.69, 9.17) is 14.5 Å². The third-order valence-corrected chi connectivity index (χ3v) is 5.98. The molecular weight excluding hydrogens is 364 g/mol. The summed E-state index contributed by atoms with van der Waals surface area (Å²) in [5.74, 6) is 1.77. The van der Waals surface area contributed by atoms with Gasteiger partial charge in [-0.2, -0.15) is 0 Å². The minimum Gasteiger partial charge on any atom is -0.493 e. The van der Waals surface area contributed by atoms with Gasteiger partial charge in [-0.3, -0.25) is 4.90 Å². The van der Waals surface area contributed by atoms with E-state index in [1.807, 2.05) is 6.20 Å². The van der Waals surface area contributed by atoms with Crippen LogP contribution in [-0.4, -0.2) is 62.4 Å². The van der Waals surface area contributed by atoms with Crippen LogP contribution in [0.1, 0.15) is 29.7 Å². The van der Waals surface area contributed by atoms with E-state index in [9.17, 15) is 0 Å². The van der Waals surface area contributed by atoms with Gasteiger partial charge in [-0.05, 0) is 36.6 Å². The Hall–Kier alpha value is -2.15. The minimum atomic E-state index is 0.305. The highest BCUT2D eigenvalue weighted by Crippen LogP contribution is 2.30. The number of benzene rings is 1. The number of nitrogens with zero attached hydrogens (tertiary/aromatic N) is 3. The molecule has 0 aliphatic carbocycles. The monoisotopic (exact) mass is 396 g/mol. The van der Waals surface area contributed by atoms with Crippen molar-refractivity contribution in [2.75, 3.05) is 51.4 Å². The normalized spacial score (nSPS) is 23.2. The predicted molar refractivity (Wildman–Crippen MR) is 116 cm³/mol. The van der Waals surface area contributed by atoms with Crippen molar-refractivity contribution in [3.8, 4) is 5.75 Å². The zero-order valence-corrected chi connectivity index (χ0v) is 17.7. The molecule has 2 aliphatic rings. The topological polar surface area (TPSA) is 49.9 Å². The molecule has 0 bridgehead atoms. The number of methoxy groups -OCH3 is 1. The molecule has 0 spiro atoms. The maximum Gasteiger partial charge on any atom is 0.171 e. The molecule has 0 amide bonds. The molecule has 6 heteroatoms. The largest absolute Gasteiger partial charge is 0.493 e. The van der Waals surface area contributed by atoms with Crippen molar-refractivity contribution in [2.45, 2.75) is 32.5 Å². The number of nitrogens with one attached hydrogen (secondary N) is 1. The highest BCUT2D eigenvalue weighted by atomic mass is 16.5. The molecule has 1 aromatic carbocycles. The molecule has 2 atom stereocenters.